The van der Waals surface area contributed by atoms with E-state index in [0.29, 0.717) is 34.7 Å². The number of nitrogens with one attached hydrogen (secondary N) is 1. The average molecular weight is 445 g/mol. The van der Waals surface area contributed by atoms with Crippen LogP contribution in [0.4, 0.5) is 5.69 Å². The molecule has 164 valence electrons. The molecule has 1 aromatic heterocycles. The molecule has 3 heterocycles. The van der Waals surface area contributed by atoms with Gasteiger partial charge in [0, 0.05) is 12.7 Å². The van der Waals surface area contributed by atoms with E-state index in [4.69, 9.17) is 14.2 Å². The predicted octanol–water partition coefficient (Wildman–Crippen LogP) is 2.94. The van der Waals surface area contributed by atoms with Gasteiger partial charge in [-0.25, -0.2) is 0 Å². The van der Waals surface area contributed by atoms with Gasteiger partial charge in [0.15, 0.2) is 0 Å². The van der Waals surface area contributed by atoms with Crippen molar-refractivity contribution >= 4 is 34.8 Å². The molecule has 2 aromatic rings. The van der Waals surface area contributed by atoms with Gasteiger partial charge < -0.3 is 24.4 Å². The number of nitrogens with zero attached hydrogens (tertiary/aromatic N) is 1. The fraction of sp³-hybridized carbons (Fsp3) is 0.409. The minimum absolute atomic E-state index is 0.168. The minimum Gasteiger partial charge on any atom is -0.490 e. The molecule has 0 bridgehead atoms. The van der Waals surface area contributed by atoms with Gasteiger partial charge >= 0.3 is 5.97 Å². The lowest BCUT2D eigenvalue weighted by atomic mass is 9.94. The van der Waals surface area contributed by atoms with Crippen molar-refractivity contribution in [1.29, 1.82) is 0 Å². The molecule has 0 saturated carbocycles. The van der Waals surface area contributed by atoms with Crippen LogP contribution in [-0.2, 0) is 14.3 Å². The van der Waals surface area contributed by atoms with Crippen LogP contribution in [0.15, 0.2) is 35.7 Å². The lowest BCUT2D eigenvalue weighted by molar-refractivity contribution is -0.151. The van der Waals surface area contributed by atoms with Gasteiger partial charge in [0.25, 0.3) is 11.8 Å². The van der Waals surface area contributed by atoms with Gasteiger partial charge in [-0.1, -0.05) is 6.07 Å². The van der Waals surface area contributed by atoms with Crippen molar-refractivity contribution in [3.8, 4) is 5.75 Å². The zero-order valence-electron chi connectivity index (χ0n) is 17.3. The fourth-order valence-corrected chi connectivity index (χ4v) is 4.59. The van der Waals surface area contributed by atoms with Gasteiger partial charge in [-0.2, -0.15) is 0 Å². The number of carbonyl (C=O) groups excluding carboxylic acids is 3. The van der Waals surface area contributed by atoms with E-state index in [1.807, 2.05) is 11.4 Å². The number of fused-ring (bicyclic) bond motifs is 2. The maximum Gasteiger partial charge on any atom is 0.308 e. The number of hydrogen-bond donors (Lipinski definition) is 1. The van der Waals surface area contributed by atoms with E-state index in [1.54, 1.807) is 36.2 Å². The lowest BCUT2D eigenvalue weighted by Crippen LogP contribution is -2.53. The van der Waals surface area contributed by atoms with Crippen molar-refractivity contribution in [3.63, 3.8) is 0 Å². The summed E-state index contributed by atoms with van der Waals surface area (Å²) < 4.78 is 16.7. The van der Waals surface area contributed by atoms with Crippen molar-refractivity contribution in [2.75, 3.05) is 26.1 Å². The van der Waals surface area contributed by atoms with E-state index in [-0.39, 0.29) is 49.1 Å². The van der Waals surface area contributed by atoms with Gasteiger partial charge in [0.2, 0.25) is 0 Å². The van der Waals surface area contributed by atoms with Crippen LogP contribution in [0.2, 0.25) is 0 Å². The van der Waals surface area contributed by atoms with Crippen LogP contribution in [0.5, 0.6) is 5.75 Å². The smallest absolute Gasteiger partial charge is 0.308 e. The first kappa shape index (κ1) is 21.3. The van der Waals surface area contributed by atoms with Crippen LogP contribution in [0.25, 0.3) is 0 Å². The largest absolute Gasteiger partial charge is 0.490 e. The van der Waals surface area contributed by atoms with Gasteiger partial charge in [0.05, 0.1) is 36.1 Å². The summed E-state index contributed by atoms with van der Waals surface area (Å²) in [6, 6.07) is 8.42. The van der Waals surface area contributed by atoms with Gasteiger partial charge in [-0.05, 0) is 42.5 Å². The van der Waals surface area contributed by atoms with Crippen molar-refractivity contribution in [1.82, 2.24) is 4.90 Å². The third kappa shape index (κ3) is 4.57. The van der Waals surface area contributed by atoms with E-state index in [0.717, 1.165) is 0 Å². The highest BCUT2D eigenvalue weighted by Crippen LogP contribution is 2.32. The fourth-order valence-electron chi connectivity index (χ4n) is 3.97. The number of thiophene rings is 1. The normalized spacial score (nSPS) is 23.0. The van der Waals surface area contributed by atoms with E-state index in [2.05, 4.69) is 5.32 Å². The van der Waals surface area contributed by atoms with Gasteiger partial charge in [0.1, 0.15) is 18.5 Å². The summed E-state index contributed by atoms with van der Waals surface area (Å²) in [4.78, 5) is 39.4. The molecule has 4 rings (SSSR count). The lowest BCUT2D eigenvalue weighted by Gasteiger charge is -2.42. The number of benzene rings is 1. The number of methoxy groups -OCH3 is 1. The van der Waals surface area contributed by atoms with Crippen LogP contribution >= 0.6 is 11.3 Å². The number of esters is 1. The van der Waals surface area contributed by atoms with E-state index >= 15 is 0 Å². The van der Waals surface area contributed by atoms with Crippen molar-refractivity contribution in [2.45, 2.75) is 37.5 Å². The Balaban J connectivity index is 1.52. The summed E-state index contributed by atoms with van der Waals surface area (Å²) in [5, 5.41) is 4.66. The van der Waals surface area contributed by atoms with Crippen molar-refractivity contribution in [3.05, 3.63) is 46.2 Å². The Morgan fingerprint density at radius 1 is 1.29 bits per heavy atom. The first-order valence-electron chi connectivity index (χ1n) is 10.1. The second kappa shape index (κ2) is 9.07. The molecule has 31 heavy (non-hydrogen) atoms. The van der Waals surface area contributed by atoms with E-state index < -0.39 is 0 Å². The van der Waals surface area contributed by atoms with Crippen molar-refractivity contribution in [2.24, 2.45) is 0 Å². The first-order valence-corrected chi connectivity index (χ1v) is 11.0. The summed E-state index contributed by atoms with van der Waals surface area (Å²) in [6.45, 7) is 0.258. The molecule has 2 aliphatic heterocycles. The summed E-state index contributed by atoms with van der Waals surface area (Å²) >= 11 is 1.35. The van der Waals surface area contributed by atoms with Crippen LogP contribution in [-0.4, -0.2) is 61.7 Å². The average Bonchev–Trinajstić information content (AvgIpc) is 3.32. The Kier molecular flexibility index (Phi) is 6.24. The second-order valence-electron chi connectivity index (χ2n) is 7.59. The molecule has 1 saturated heterocycles. The zero-order chi connectivity index (χ0) is 22.0. The number of likely N-dealkylation sites (N-methyl/N-ethyl adjacent to an activating group) is 1. The van der Waals surface area contributed by atoms with Gasteiger partial charge in [-0.3, -0.25) is 14.4 Å². The van der Waals surface area contributed by atoms with Crippen LogP contribution in [0.1, 0.15) is 39.3 Å². The molecule has 0 unspecified atom stereocenters. The van der Waals surface area contributed by atoms with Crippen LogP contribution in [0.3, 0.4) is 0 Å². The number of carbonyl (C=O) groups is 3. The summed E-state index contributed by atoms with van der Waals surface area (Å²) in [6.07, 6.45) is 0.930. The highest BCUT2D eigenvalue weighted by atomic mass is 32.1. The monoisotopic (exact) mass is 444 g/mol. The molecule has 3 atom stereocenters. The summed E-state index contributed by atoms with van der Waals surface area (Å²) in [5.74, 6) is -0.308. The molecule has 0 aliphatic carbocycles. The topological polar surface area (TPSA) is 94.2 Å². The van der Waals surface area contributed by atoms with E-state index in [9.17, 15) is 14.4 Å². The molecule has 0 spiro atoms. The Hall–Kier alpha value is -2.91. The highest BCUT2D eigenvalue weighted by molar-refractivity contribution is 7.12. The second-order valence-corrected chi connectivity index (χ2v) is 8.54. The maximum absolute atomic E-state index is 13.2. The summed E-state index contributed by atoms with van der Waals surface area (Å²) in [5.41, 5.74) is 0.916. The third-order valence-corrected chi connectivity index (χ3v) is 6.51. The molecule has 2 aliphatic rings. The quantitative estimate of drug-likeness (QED) is 0.729. The van der Waals surface area contributed by atoms with Crippen LogP contribution in [0, 0.1) is 0 Å². The molecule has 1 fully saturated rings. The van der Waals surface area contributed by atoms with Gasteiger partial charge in [-0.15, -0.1) is 11.3 Å². The Morgan fingerprint density at radius 3 is 2.87 bits per heavy atom. The first-order chi connectivity index (χ1) is 15.0. The molecule has 2 amide bonds. The maximum atomic E-state index is 13.2. The molecule has 8 nitrogen and oxygen atoms in total. The molecule has 1 aromatic carbocycles. The SMILES string of the molecule is COC(=O)C[C@H]1CC[C@H]2[C@H](COc3ccc(NC(=O)c4cccs4)cc3C(=O)N2C)O1. The molecule has 9 heteroatoms. The Morgan fingerprint density at radius 2 is 2.13 bits per heavy atom. The van der Waals surface area contributed by atoms with E-state index in [1.165, 1.54) is 18.4 Å². The standard InChI is InChI=1S/C22H24N2O6S/c1-24-16-7-6-14(11-20(25)28-2)30-18(16)12-29-17-8-5-13(10-15(17)22(24)27)23-21(26)19-4-3-9-31-19/h3-5,8-10,14,16,18H,6-7,11-12H2,1-2H3,(H,23,26)/t14-,16+,18+/m1/s1. The minimum atomic E-state index is -0.344. The number of anilines is 1. The Bertz CT molecular complexity index is 976. The third-order valence-electron chi connectivity index (χ3n) is 5.64. The highest BCUT2D eigenvalue weighted by Gasteiger charge is 2.39. The number of amides is 2. The van der Waals surface area contributed by atoms with Crippen molar-refractivity contribution < 1.29 is 28.6 Å². The predicted molar refractivity (Wildman–Crippen MR) is 115 cm³/mol. The molecular weight excluding hydrogens is 420 g/mol. The number of ether oxygens (including phenoxy) is 3. The number of rotatable bonds is 4. The molecular formula is C22H24N2O6S. The Labute approximate surface area is 184 Å². The molecule has 1 N–H and O–H groups in total. The number of hydrogen-bond acceptors (Lipinski definition) is 7. The molecule has 0 radical (unpaired) electrons. The summed E-state index contributed by atoms with van der Waals surface area (Å²) in [7, 11) is 3.10. The van der Waals surface area contributed by atoms with Crippen LogP contribution < -0.4 is 10.1 Å². The zero-order valence-corrected chi connectivity index (χ0v) is 18.1.